The van der Waals surface area contributed by atoms with Crippen LogP contribution in [-0.4, -0.2) is 42.3 Å². The molecule has 1 N–H and O–H groups in total. The van der Waals surface area contributed by atoms with Crippen LogP contribution in [0.1, 0.15) is 52.9 Å². The fourth-order valence-electron chi connectivity index (χ4n) is 3.22. The van der Waals surface area contributed by atoms with Crippen LogP contribution in [0.15, 0.2) is 0 Å². The van der Waals surface area contributed by atoms with E-state index >= 15 is 0 Å². The minimum atomic E-state index is -0.396. The number of ether oxygens (including phenoxy) is 1. The summed E-state index contributed by atoms with van der Waals surface area (Å²) in [7, 11) is 0. The summed E-state index contributed by atoms with van der Waals surface area (Å²) in [5.74, 6) is 0.647. The highest BCUT2D eigenvalue weighted by molar-refractivity contribution is 5.68. The number of hydrogen-bond donors (Lipinski definition) is 1. The molecule has 19 heavy (non-hydrogen) atoms. The second kappa shape index (κ2) is 6.12. The Bertz CT molecular complexity index is 306. The van der Waals surface area contributed by atoms with Gasteiger partial charge in [0.1, 0.15) is 5.60 Å². The Morgan fingerprint density at radius 3 is 2.47 bits per heavy atom. The number of likely N-dealkylation sites (tertiary alicyclic amines) is 1. The first-order valence-electron chi connectivity index (χ1n) is 7.68. The Labute approximate surface area is 116 Å². The Morgan fingerprint density at radius 2 is 1.84 bits per heavy atom. The summed E-state index contributed by atoms with van der Waals surface area (Å²) in [5.41, 5.74) is -0.396. The number of rotatable bonds is 1. The van der Waals surface area contributed by atoms with E-state index in [1.165, 1.54) is 19.3 Å². The number of carbonyl (C=O) groups excluding carboxylic acids is 1. The first-order chi connectivity index (χ1) is 8.97. The molecule has 2 heterocycles. The van der Waals surface area contributed by atoms with Crippen molar-refractivity contribution in [2.75, 3.05) is 19.6 Å². The molecular formula is C15H28N2O2. The molecule has 2 rings (SSSR count). The topological polar surface area (TPSA) is 41.6 Å². The maximum absolute atomic E-state index is 12.4. The molecule has 110 valence electrons. The summed E-state index contributed by atoms with van der Waals surface area (Å²) in [5, 5.41) is 3.40. The van der Waals surface area contributed by atoms with Crippen LogP contribution in [-0.2, 0) is 4.74 Å². The third kappa shape index (κ3) is 4.10. The average Bonchev–Trinajstić information content (AvgIpc) is 2.38. The van der Waals surface area contributed by atoms with Crippen molar-refractivity contribution in [3.05, 3.63) is 0 Å². The summed E-state index contributed by atoms with van der Waals surface area (Å²) in [6, 6.07) is 0.394. The highest BCUT2D eigenvalue weighted by atomic mass is 16.6. The molecule has 2 fully saturated rings. The number of piperidine rings is 2. The molecule has 0 aromatic heterocycles. The third-order valence-corrected chi connectivity index (χ3v) is 4.11. The van der Waals surface area contributed by atoms with Crippen LogP contribution in [0.4, 0.5) is 4.79 Å². The van der Waals surface area contributed by atoms with Crippen LogP contribution in [0.5, 0.6) is 0 Å². The van der Waals surface area contributed by atoms with Crippen LogP contribution < -0.4 is 5.32 Å². The molecule has 0 aromatic rings. The van der Waals surface area contributed by atoms with Gasteiger partial charge in [0.25, 0.3) is 0 Å². The van der Waals surface area contributed by atoms with Crippen molar-refractivity contribution in [3.63, 3.8) is 0 Å². The lowest BCUT2D eigenvalue weighted by molar-refractivity contribution is -0.00103. The number of nitrogens with zero attached hydrogens (tertiary/aromatic N) is 1. The lowest BCUT2D eigenvalue weighted by Gasteiger charge is -2.42. The zero-order chi connectivity index (χ0) is 13.9. The zero-order valence-electron chi connectivity index (χ0n) is 12.6. The third-order valence-electron chi connectivity index (χ3n) is 4.11. The molecule has 0 aliphatic carbocycles. The summed E-state index contributed by atoms with van der Waals surface area (Å²) in [6.07, 6.45) is 5.75. The molecule has 2 aliphatic heterocycles. The maximum Gasteiger partial charge on any atom is 0.410 e. The van der Waals surface area contributed by atoms with E-state index < -0.39 is 5.60 Å². The lowest BCUT2D eigenvalue weighted by atomic mass is 9.84. The second-order valence-corrected chi connectivity index (χ2v) is 6.82. The summed E-state index contributed by atoms with van der Waals surface area (Å²) in [4.78, 5) is 14.4. The molecule has 0 aromatic carbocycles. The minimum Gasteiger partial charge on any atom is -0.444 e. The quantitative estimate of drug-likeness (QED) is 0.795. The van der Waals surface area contributed by atoms with Crippen LogP contribution in [0, 0.1) is 5.92 Å². The van der Waals surface area contributed by atoms with Crippen LogP contribution in [0.2, 0.25) is 0 Å². The van der Waals surface area contributed by atoms with E-state index in [-0.39, 0.29) is 6.09 Å². The van der Waals surface area contributed by atoms with Crippen LogP contribution >= 0.6 is 0 Å². The van der Waals surface area contributed by atoms with Crippen molar-refractivity contribution in [2.24, 2.45) is 5.92 Å². The molecule has 2 saturated heterocycles. The Balaban J connectivity index is 2.00. The van der Waals surface area contributed by atoms with E-state index in [0.29, 0.717) is 12.0 Å². The van der Waals surface area contributed by atoms with Crippen LogP contribution in [0.3, 0.4) is 0 Å². The summed E-state index contributed by atoms with van der Waals surface area (Å²) >= 11 is 0. The van der Waals surface area contributed by atoms with E-state index in [1.807, 2.05) is 25.7 Å². The van der Waals surface area contributed by atoms with Gasteiger partial charge in [-0.15, -0.1) is 0 Å². The number of nitrogens with one attached hydrogen (secondary N) is 1. The minimum absolute atomic E-state index is 0.115. The molecule has 0 spiro atoms. The Hall–Kier alpha value is -0.770. The molecule has 0 unspecified atom stereocenters. The van der Waals surface area contributed by atoms with Gasteiger partial charge in [0, 0.05) is 12.6 Å². The summed E-state index contributed by atoms with van der Waals surface area (Å²) in [6.45, 7) is 8.85. The second-order valence-electron chi connectivity index (χ2n) is 6.82. The Kier molecular flexibility index (Phi) is 4.71. The van der Waals surface area contributed by atoms with Crippen molar-refractivity contribution in [2.45, 2.75) is 64.5 Å². The van der Waals surface area contributed by atoms with Gasteiger partial charge in [0.15, 0.2) is 0 Å². The first-order valence-corrected chi connectivity index (χ1v) is 7.68. The Morgan fingerprint density at radius 1 is 1.16 bits per heavy atom. The monoisotopic (exact) mass is 268 g/mol. The van der Waals surface area contributed by atoms with Gasteiger partial charge in [-0.3, -0.25) is 0 Å². The average molecular weight is 268 g/mol. The molecule has 0 bridgehead atoms. The van der Waals surface area contributed by atoms with Crippen molar-refractivity contribution in [1.82, 2.24) is 10.2 Å². The fraction of sp³-hybridized carbons (Fsp3) is 0.933. The van der Waals surface area contributed by atoms with Gasteiger partial charge in [-0.1, -0.05) is 0 Å². The van der Waals surface area contributed by atoms with Crippen LogP contribution in [0.25, 0.3) is 0 Å². The molecule has 4 heteroatoms. The van der Waals surface area contributed by atoms with Gasteiger partial charge in [-0.25, -0.2) is 4.79 Å². The van der Waals surface area contributed by atoms with Crippen molar-refractivity contribution >= 4 is 6.09 Å². The molecular weight excluding hydrogens is 240 g/mol. The van der Waals surface area contributed by atoms with Gasteiger partial charge in [0.05, 0.1) is 0 Å². The molecule has 2 aliphatic rings. The SMILES string of the molecule is CC(C)(C)OC(=O)N1CCCC[C@H]1C1CCNCC1. The summed E-state index contributed by atoms with van der Waals surface area (Å²) < 4.78 is 5.57. The molecule has 1 atom stereocenters. The number of carbonyl (C=O) groups is 1. The fourth-order valence-corrected chi connectivity index (χ4v) is 3.22. The predicted octanol–water partition coefficient (Wildman–Crippen LogP) is 2.78. The molecule has 4 nitrogen and oxygen atoms in total. The molecule has 0 radical (unpaired) electrons. The van der Waals surface area contributed by atoms with Crippen molar-refractivity contribution in [1.29, 1.82) is 0 Å². The predicted molar refractivity (Wildman–Crippen MR) is 76.2 cm³/mol. The molecule has 1 amide bonds. The molecule has 0 saturated carbocycles. The van der Waals surface area contributed by atoms with Gasteiger partial charge in [-0.05, 0) is 71.9 Å². The van der Waals surface area contributed by atoms with Gasteiger partial charge < -0.3 is 15.0 Å². The van der Waals surface area contributed by atoms with E-state index in [9.17, 15) is 4.79 Å². The van der Waals surface area contributed by atoms with Gasteiger partial charge in [-0.2, -0.15) is 0 Å². The number of amides is 1. The van der Waals surface area contributed by atoms with E-state index in [2.05, 4.69) is 5.32 Å². The van der Waals surface area contributed by atoms with Gasteiger partial charge >= 0.3 is 6.09 Å². The zero-order valence-corrected chi connectivity index (χ0v) is 12.6. The lowest BCUT2D eigenvalue weighted by Crippen LogP contribution is -2.51. The van der Waals surface area contributed by atoms with E-state index in [4.69, 9.17) is 4.74 Å². The van der Waals surface area contributed by atoms with E-state index in [0.717, 1.165) is 32.5 Å². The first kappa shape index (κ1) is 14.6. The highest BCUT2D eigenvalue weighted by Gasteiger charge is 2.35. The highest BCUT2D eigenvalue weighted by Crippen LogP contribution is 2.29. The standard InChI is InChI=1S/C15H28N2O2/c1-15(2,3)19-14(18)17-11-5-4-6-13(17)12-7-9-16-10-8-12/h12-13,16H,4-11H2,1-3H3/t13-/m0/s1. The van der Waals surface area contributed by atoms with E-state index in [1.54, 1.807) is 0 Å². The van der Waals surface area contributed by atoms with Crippen molar-refractivity contribution in [3.8, 4) is 0 Å². The smallest absolute Gasteiger partial charge is 0.410 e. The normalized spacial score (nSPS) is 26.3. The largest absolute Gasteiger partial charge is 0.444 e. The van der Waals surface area contributed by atoms with Crippen molar-refractivity contribution < 1.29 is 9.53 Å². The number of hydrogen-bond acceptors (Lipinski definition) is 3. The maximum atomic E-state index is 12.4. The van der Waals surface area contributed by atoms with Gasteiger partial charge in [0.2, 0.25) is 0 Å².